The molecule has 0 radical (unpaired) electrons. The van der Waals surface area contributed by atoms with Crippen molar-refractivity contribution >= 4 is 57.8 Å². The molecule has 3 aromatic carbocycles. The number of carbonyl (C=O) groups excluding carboxylic acids is 2. The Hall–Kier alpha value is -5.26. The first-order chi connectivity index (χ1) is 25.6. The molecule has 13 nitrogen and oxygen atoms in total. The molecule has 53 heavy (non-hydrogen) atoms. The highest BCUT2D eigenvalue weighted by atomic mass is 35.5. The molecule has 2 aliphatic heterocycles. The van der Waals surface area contributed by atoms with Crippen molar-refractivity contribution in [1.29, 1.82) is 5.26 Å². The average Bonchev–Trinajstić information content (AvgIpc) is 3.90. The number of likely N-dealkylation sites (tertiary alicyclic amines) is 1. The van der Waals surface area contributed by atoms with E-state index in [1.165, 1.54) is 6.92 Å². The van der Waals surface area contributed by atoms with Gasteiger partial charge in [-0.25, -0.2) is 4.98 Å². The number of nitriles is 1. The molecule has 2 atom stereocenters. The fourth-order valence-electron chi connectivity index (χ4n) is 7.03. The van der Waals surface area contributed by atoms with Gasteiger partial charge in [0.15, 0.2) is 11.3 Å². The van der Waals surface area contributed by atoms with Crippen LogP contribution in [0.1, 0.15) is 59.5 Å². The number of fused-ring (bicyclic) bond motifs is 2. The minimum absolute atomic E-state index is 0.00572. The summed E-state index contributed by atoms with van der Waals surface area (Å²) < 4.78 is 7.97. The number of benzene rings is 3. The molecule has 0 spiro atoms. The quantitative estimate of drug-likeness (QED) is 0.113. The number of rotatable bonds is 11. The van der Waals surface area contributed by atoms with Crippen molar-refractivity contribution in [2.24, 2.45) is 5.92 Å². The Morgan fingerprint density at radius 3 is 2.55 bits per heavy atom. The highest BCUT2D eigenvalue weighted by Gasteiger charge is 2.29. The largest absolute Gasteiger partial charge is 0.481 e. The summed E-state index contributed by atoms with van der Waals surface area (Å²) in [5, 5.41) is 33.6. The number of amides is 2. The van der Waals surface area contributed by atoms with E-state index in [-0.39, 0.29) is 28.6 Å². The Kier molecular flexibility index (Phi) is 10.5. The molecule has 0 bridgehead atoms. The van der Waals surface area contributed by atoms with Crippen molar-refractivity contribution < 1.29 is 23.9 Å². The van der Waals surface area contributed by atoms with E-state index in [1.54, 1.807) is 42.5 Å². The zero-order valence-electron chi connectivity index (χ0n) is 28.8. The van der Waals surface area contributed by atoms with Gasteiger partial charge in [0, 0.05) is 56.8 Å². The summed E-state index contributed by atoms with van der Waals surface area (Å²) in [6.07, 6.45) is 2.37. The maximum Gasteiger partial charge on any atom is 0.307 e. The maximum absolute atomic E-state index is 13.5. The molecule has 1 saturated heterocycles. The molecule has 2 aromatic heterocycles. The fourth-order valence-corrected chi connectivity index (χ4v) is 7.61. The van der Waals surface area contributed by atoms with Gasteiger partial charge in [-0.15, -0.1) is 0 Å². The molecule has 5 aromatic rings. The van der Waals surface area contributed by atoms with Gasteiger partial charge in [0.05, 0.1) is 38.5 Å². The minimum Gasteiger partial charge on any atom is -0.481 e. The maximum atomic E-state index is 13.5. The van der Waals surface area contributed by atoms with Gasteiger partial charge in [-0.2, -0.15) is 10.4 Å². The van der Waals surface area contributed by atoms with E-state index in [4.69, 9.17) is 32.6 Å². The highest BCUT2D eigenvalue weighted by molar-refractivity contribution is 6.39. The molecule has 272 valence electrons. The third-order valence-corrected chi connectivity index (χ3v) is 10.4. The third kappa shape index (κ3) is 7.63. The van der Waals surface area contributed by atoms with E-state index in [2.05, 4.69) is 32.0 Å². The Morgan fingerprint density at radius 1 is 1.02 bits per heavy atom. The highest BCUT2D eigenvalue weighted by Crippen LogP contribution is 2.42. The molecule has 1 fully saturated rings. The van der Waals surface area contributed by atoms with Gasteiger partial charge >= 0.3 is 5.97 Å². The van der Waals surface area contributed by atoms with Crippen molar-refractivity contribution in [2.75, 3.05) is 31.5 Å². The predicted octanol–water partition coefficient (Wildman–Crippen LogP) is 6.26. The van der Waals surface area contributed by atoms with E-state index >= 15 is 0 Å². The van der Waals surface area contributed by atoms with Crippen LogP contribution in [0.3, 0.4) is 0 Å². The zero-order valence-corrected chi connectivity index (χ0v) is 30.3. The molecule has 15 heteroatoms. The van der Waals surface area contributed by atoms with Crippen LogP contribution in [0.15, 0.2) is 59.0 Å². The number of carbonyl (C=O) groups is 3. The van der Waals surface area contributed by atoms with Crippen LogP contribution in [0.25, 0.3) is 33.7 Å². The minimum atomic E-state index is -0.800. The molecule has 4 heterocycles. The lowest BCUT2D eigenvalue weighted by Gasteiger charge is -2.24. The van der Waals surface area contributed by atoms with Crippen LogP contribution in [-0.4, -0.2) is 68.7 Å². The molecular weight excluding hydrogens is 719 g/mol. The summed E-state index contributed by atoms with van der Waals surface area (Å²) in [6, 6.07) is 18.2. The summed E-state index contributed by atoms with van der Waals surface area (Å²) in [6.45, 7) is 4.86. The molecule has 0 aliphatic carbocycles. The number of aliphatic carboxylic acids is 1. The number of nitrogens with zero attached hydrogens (tertiary/aromatic N) is 5. The van der Waals surface area contributed by atoms with Gasteiger partial charge in [0.2, 0.25) is 11.8 Å². The molecule has 4 N–H and O–H groups in total. The van der Waals surface area contributed by atoms with Crippen LogP contribution in [-0.2, 0) is 22.7 Å². The van der Waals surface area contributed by atoms with E-state index in [0.29, 0.717) is 89.8 Å². The standard InChI is InChI=1S/C38H36Cl2N8O5/c1-21(49)42-11-12-43-28-9-4-13-48-32(28)17-31(46-48)36(50)44-29-8-3-6-26(34(29)40)25-5-2-7-27(33(25)39)37-45-30-16-22(15-24(18-41)35(30)53-37)19-47-14-10-23(20-47)38(51)52/h2-3,5-8,15-17,23,28,43H,4,9-14,19-20H2,1H3,(H,42,49)(H,44,50)(H,51,52)/t23-,28?/m1/s1. The second-order valence-corrected chi connectivity index (χ2v) is 14.0. The number of halogens is 2. The fraction of sp³-hybridized carbons (Fsp3) is 0.316. The molecular formula is C38H36Cl2N8O5. The number of carboxylic acid groups (broad SMARTS) is 1. The molecule has 7 rings (SSSR count). The van der Waals surface area contributed by atoms with Crippen molar-refractivity contribution in [3.8, 4) is 28.7 Å². The Morgan fingerprint density at radius 2 is 1.79 bits per heavy atom. The van der Waals surface area contributed by atoms with Crippen LogP contribution < -0.4 is 16.0 Å². The van der Waals surface area contributed by atoms with Gasteiger partial charge in [-0.05, 0) is 61.7 Å². The number of carboxylic acids is 1. The number of hydrogen-bond acceptors (Lipinski definition) is 9. The van der Waals surface area contributed by atoms with Gasteiger partial charge in [-0.1, -0.05) is 47.5 Å². The van der Waals surface area contributed by atoms with Crippen molar-refractivity contribution in [3.05, 3.63) is 87.2 Å². The van der Waals surface area contributed by atoms with Crippen molar-refractivity contribution in [1.82, 2.24) is 30.3 Å². The normalized spacial score (nSPS) is 17.0. The van der Waals surface area contributed by atoms with Crippen molar-refractivity contribution in [2.45, 2.75) is 45.3 Å². The summed E-state index contributed by atoms with van der Waals surface area (Å²) in [5.41, 5.74) is 5.16. The third-order valence-electron chi connectivity index (χ3n) is 9.62. The number of hydrogen-bond donors (Lipinski definition) is 4. The summed E-state index contributed by atoms with van der Waals surface area (Å²) >= 11 is 13.9. The topological polar surface area (TPSA) is 178 Å². The number of aromatic nitrogens is 3. The van der Waals surface area contributed by atoms with Crippen molar-refractivity contribution in [3.63, 3.8) is 0 Å². The Labute approximate surface area is 314 Å². The van der Waals surface area contributed by atoms with E-state index in [1.807, 2.05) is 16.8 Å². The second-order valence-electron chi connectivity index (χ2n) is 13.3. The predicted molar refractivity (Wildman–Crippen MR) is 199 cm³/mol. The van der Waals surface area contributed by atoms with Gasteiger partial charge in [-0.3, -0.25) is 24.0 Å². The Balaban J connectivity index is 1.11. The van der Waals surface area contributed by atoms with E-state index in [9.17, 15) is 24.8 Å². The van der Waals surface area contributed by atoms with Crippen LogP contribution >= 0.6 is 23.2 Å². The van der Waals surface area contributed by atoms with E-state index in [0.717, 1.165) is 24.1 Å². The molecule has 0 saturated carbocycles. The van der Waals surface area contributed by atoms with Gasteiger partial charge in [0.25, 0.3) is 5.91 Å². The monoisotopic (exact) mass is 754 g/mol. The first kappa shape index (κ1) is 36.1. The van der Waals surface area contributed by atoms with Crippen LogP contribution in [0.5, 0.6) is 0 Å². The second kappa shape index (κ2) is 15.4. The molecule has 1 unspecified atom stereocenters. The van der Waals surface area contributed by atoms with Gasteiger partial charge < -0.3 is 25.5 Å². The lowest BCUT2D eigenvalue weighted by molar-refractivity contribution is -0.141. The molecule has 2 aliphatic rings. The lowest BCUT2D eigenvalue weighted by Crippen LogP contribution is -2.34. The number of nitrogens with one attached hydrogen (secondary N) is 3. The lowest BCUT2D eigenvalue weighted by atomic mass is 10.0. The van der Waals surface area contributed by atoms with Crippen LogP contribution in [0.4, 0.5) is 5.69 Å². The van der Waals surface area contributed by atoms with Crippen LogP contribution in [0, 0.1) is 17.2 Å². The first-order valence-electron chi connectivity index (χ1n) is 17.3. The smallest absolute Gasteiger partial charge is 0.307 e. The average molecular weight is 756 g/mol. The van der Waals surface area contributed by atoms with E-state index < -0.39 is 17.8 Å². The SMILES string of the molecule is CC(=O)NCCNC1CCCn2nc(C(=O)Nc3cccc(-c4cccc(-c5nc6cc(CN7CC[C@@H](C(=O)O)C7)cc(C#N)c6o5)c4Cl)c3Cl)cc21. The van der Waals surface area contributed by atoms with Gasteiger partial charge in [0.1, 0.15) is 11.6 Å². The number of anilines is 1. The summed E-state index contributed by atoms with van der Waals surface area (Å²) in [7, 11) is 0. The van der Waals surface area contributed by atoms with Crippen LogP contribution in [0.2, 0.25) is 10.0 Å². The number of aryl methyl sites for hydroxylation is 1. The number of oxazole rings is 1. The Bertz CT molecular complexity index is 2280. The first-order valence-corrected chi connectivity index (χ1v) is 18.1. The summed E-state index contributed by atoms with van der Waals surface area (Å²) in [4.78, 5) is 42.9. The summed E-state index contributed by atoms with van der Waals surface area (Å²) in [5.74, 6) is -1.47. The molecule has 2 amide bonds. The zero-order chi connectivity index (χ0) is 37.2.